The molecule has 0 aliphatic carbocycles. The Kier molecular flexibility index (Phi) is 2.29. The zero-order chi connectivity index (χ0) is 8.97. The van der Waals surface area contributed by atoms with Crippen molar-refractivity contribution in [3.63, 3.8) is 0 Å². The zero-order valence-electron chi connectivity index (χ0n) is 6.11. The Morgan fingerprint density at radius 3 is 2.92 bits per heavy atom. The van der Waals surface area contributed by atoms with Crippen LogP contribution in [0.25, 0.3) is 0 Å². The lowest BCUT2D eigenvalue weighted by atomic mass is 10.3. The van der Waals surface area contributed by atoms with Gasteiger partial charge in [-0.25, -0.2) is 0 Å². The molecule has 0 saturated carbocycles. The summed E-state index contributed by atoms with van der Waals surface area (Å²) in [5.74, 6) is 3.86. The molecule has 1 aromatic rings. The van der Waals surface area contributed by atoms with Crippen LogP contribution in [-0.2, 0) is 4.79 Å². The second kappa shape index (κ2) is 3.39. The third kappa shape index (κ3) is 2.31. The van der Waals surface area contributed by atoms with Crippen molar-refractivity contribution in [2.24, 2.45) is 5.73 Å². The van der Waals surface area contributed by atoms with Gasteiger partial charge in [-0.1, -0.05) is 5.92 Å². The number of primary amides is 1. The largest absolute Gasteiger partial charge is 0.506 e. The van der Waals surface area contributed by atoms with Crippen LogP contribution in [0, 0.1) is 11.8 Å². The van der Waals surface area contributed by atoms with E-state index < -0.39 is 5.91 Å². The van der Waals surface area contributed by atoms with E-state index in [9.17, 15) is 4.79 Å². The van der Waals surface area contributed by atoms with Crippen LogP contribution in [0.15, 0.2) is 18.5 Å². The summed E-state index contributed by atoms with van der Waals surface area (Å²) in [6.45, 7) is 0. The number of rotatable bonds is 0. The van der Waals surface area contributed by atoms with Crippen LogP contribution in [0.2, 0.25) is 0 Å². The second-order valence-corrected chi connectivity index (χ2v) is 2.05. The summed E-state index contributed by atoms with van der Waals surface area (Å²) in [5, 5.41) is 8.93. The Morgan fingerprint density at radius 1 is 1.58 bits per heavy atom. The highest BCUT2D eigenvalue weighted by Crippen LogP contribution is 2.06. The highest BCUT2D eigenvalue weighted by Gasteiger charge is 1.90. The zero-order valence-corrected chi connectivity index (χ0v) is 6.11. The van der Waals surface area contributed by atoms with Crippen molar-refractivity contribution in [3.8, 4) is 17.6 Å². The molecule has 0 fully saturated rings. The molecule has 0 spiro atoms. The predicted molar refractivity (Wildman–Crippen MR) is 42.0 cm³/mol. The summed E-state index contributed by atoms with van der Waals surface area (Å²) >= 11 is 0. The standard InChI is InChI=1S/C8H6N2O2/c9-8(12)2-1-6-3-7(11)5-10-4-6/h3-5,11H,(H2,9,12). The van der Waals surface area contributed by atoms with E-state index in [1.807, 2.05) is 0 Å². The van der Waals surface area contributed by atoms with E-state index >= 15 is 0 Å². The van der Waals surface area contributed by atoms with Gasteiger partial charge < -0.3 is 10.8 Å². The minimum absolute atomic E-state index is 0.00581. The van der Waals surface area contributed by atoms with E-state index in [1.165, 1.54) is 18.5 Å². The number of pyridine rings is 1. The highest BCUT2D eigenvalue weighted by atomic mass is 16.3. The number of nitrogens with zero attached hydrogens (tertiary/aromatic N) is 1. The van der Waals surface area contributed by atoms with Crippen LogP contribution in [0.4, 0.5) is 0 Å². The molecule has 60 valence electrons. The van der Waals surface area contributed by atoms with E-state index in [0.29, 0.717) is 5.56 Å². The minimum Gasteiger partial charge on any atom is -0.506 e. The van der Waals surface area contributed by atoms with E-state index in [0.717, 1.165) is 0 Å². The summed E-state index contributed by atoms with van der Waals surface area (Å²) in [7, 11) is 0. The van der Waals surface area contributed by atoms with Crippen LogP contribution >= 0.6 is 0 Å². The Labute approximate surface area is 69.0 Å². The average molecular weight is 162 g/mol. The number of nitrogens with two attached hydrogens (primary N) is 1. The number of carbonyl (C=O) groups is 1. The van der Waals surface area contributed by atoms with E-state index in [-0.39, 0.29) is 5.75 Å². The van der Waals surface area contributed by atoms with Crippen molar-refractivity contribution in [1.29, 1.82) is 0 Å². The van der Waals surface area contributed by atoms with Gasteiger partial charge in [0, 0.05) is 17.7 Å². The number of amides is 1. The molecule has 0 aliphatic heterocycles. The third-order valence-corrected chi connectivity index (χ3v) is 1.05. The van der Waals surface area contributed by atoms with E-state index in [2.05, 4.69) is 16.8 Å². The van der Waals surface area contributed by atoms with Crippen LogP contribution in [0.5, 0.6) is 5.75 Å². The lowest BCUT2D eigenvalue weighted by Crippen LogP contribution is -2.06. The molecule has 12 heavy (non-hydrogen) atoms. The summed E-state index contributed by atoms with van der Waals surface area (Å²) < 4.78 is 0. The molecule has 1 aromatic heterocycles. The topological polar surface area (TPSA) is 76.2 Å². The molecule has 0 radical (unpaired) electrons. The second-order valence-electron chi connectivity index (χ2n) is 2.05. The lowest BCUT2D eigenvalue weighted by Gasteiger charge is -1.89. The van der Waals surface area contributed by atoms with Crippen LogP contribution in [0.1, 0.15) is 5.56 Å². The summed E-state index contributed by atoms with van der Waals surface area (Å²) in [4.78, 5) is 13.9. The van der Waals surface area contributed by atoms with E-state index in [1.54, 1.807) is 0 Å². The first-order valence-electron chi connectivity index (χ1n) is 3.14. The number of aromatic hydroxyl groups is 1. The van der Waals surface area contributed by atoms with Crippen molar-refractivity contribution < 1.29 is 9.90 Å². The maximum absolute atomic E-state index is 10.2. The molecule has 1 heterocycles. The molecule has 1 amide bonds. The van der Waals surface area contributed by atoms with Gasteiger partial charge in [0.15, 0.2) is 0 Å². The van der Waals surface area contributed by atoms with Gasteiger partial charge in [-0.2, -0.15) is 0 Å². The first-order chi connectivity index (χ1) is 5.68. The third-order valence-electron chi connectivity index (χ3n) is 1.05. The Morgan fingerprint density at radius 2 is 2.33 bits per heavy atom. The van der Waals surface area contributed by atoms with Gasteiger partial charge in [-0.05, 0) is 6.07 Å². The number of hydrogen-bond acceptors (Lipinski definition) is 3. The van der Waals surface area contributed by atoms with Gasteiger partial charge in [0.25, 0.3) is 5.91 Å². The van der Waals surface area contributed by atoms with Crippen molar-refractivity contribution in [3.05, 3.63) is 24.0 Å². The highest BCUT2D eigenvalue weighted by molar-refractivity contribution is 5.92. The number of aromatic nitrogens is 1. The van der Waals surface area contributed by atoms with Crippen molar-refractivity contribution in [2.45, 2.75) is 0 Å². The Balaban J connectivity index is 2.92. The van der Waals surface area contributed by atoms with Crippen LogP contribution in [-0.4, -0.2) is 16.0 Å². The van der Waals surface area contributed by atoms with Gasteiger partial charge in [0.05, 0.1) is 6.20 Å². The van der Waals surface area contributed by atoms with E-state index in [4.69, 9.17) is 10.8 Å². The fraction of sp³-hybridized carbons (Fsp3) is 0. The van der Waals surface area contributed by atoms with Crippen molar-refractivity contribution in [2.75, 3.05) is 0 Å². The Bertz CT molecular complexity index is 363. The van der Waals surface area contributed by atoms with Gasteiger partial charge in [-0.15, -0.1) is 0 Å². The van der Waals surface area contributed by atoms with Crippen molar-refractivity contribution >= 4 is 5.91 Å². The molecule has 0 aromatic carbocycles. The summed E-state index contributed by atoms with van der Waals surface area (Å²) in [5.41, 5.74) is 5.24. The quantitative estimate of drug-likeness (QED) is 0.511. The number of hydrogen-bond donors (Lipinski definition) is 2. The lowest BCUT2D eigenvalue weighted by molar-refractivity contribution is -0.112. The van der Waals surface area contributed by atoms with Gasteiger partial charge in [0.2, 0.25) is 0 Å². The van der Waals surface area contributed by atoms with Crippen LogP contribution < -0.4 is 5.73 Å². The first-order valence-corrected chi connectivity index (χ1v) is 3.14. The predicted octanol–water partition coefficient (Wildman–Crippen LogP) is -0.376. The molecule has 4 nitrogen and oxygen atoms in total. The maximum atomic E-state index is 10.2. The normalized spacial score (nSPS) is 8.33. The molecular formula is C8H6N2O2. The molecule has 4 heteroatoms. The van der Waals surface area contributed by atoms with Crippen LogP contribution in [0.3, 0.4) is 0 Å². The van der Waals surface area contributed by atoms with Gasteiger partial charge in [0.1, 0.15) is 5.75 Å². The smallest absolute Gasteiger partial charge is 0.293 e. The van der Waals surface area contributed by atoms with Gasteiger partial charge >= 0.3 is 0 Å². The summed E-state index contributed by atoms with van der Waals surface area (Å²) in [6.07, 6.45) is 2.70. The molecule has 3 N–H and O–H groups in total. The molecule has 0 aliphatic rings. The molecule has 0 saturated heterocycles. The Hall–Kier alpha value is -2.02. The molecule has 1 rings (SSSR count). The molecular weight excluding hydrogens is 156 g/mol. The molecule has 0 bridgehead atoms. The first kappa shape index (κ1) is 8.08. The average Bonchev–Trinajstić information content (AvgIpc) is 2.01. The molecule has 0 atom stereocenters. The summed E-state index contributed by atoms with van der Waals surface area (Å²) in [6, 6.07) is 1.39. The maximum Gasteiger partial charge on any atom is 0.293 e. The monoisotopic (exact) mass is 162 g/mol. The molecule has 0 unspecified atom stereocenters. The minimum atomic E-state index is -0.710. The fourth-order valence-electron chi connectivity index (χ4n) is 0.630. The van der Waals surface area contributed by atoms with Crippen molar-refractivity contribution in [1.82, 2.24) is 4.98 Å². The fourth-order valence-corrected chi connectivity index (χ4v) is 0.630. The van der Waals surface area contributed by atoms with Gasteiger partial charge in [-0.3, -0.25) is 9.78 Å². The number of carbonyl (C=O) groups excluding carboxylic acids is 1. The SMILES string of the molecule is NC(=O)C#Cc1cncc(O)c1.